The van der Waals surface area contributed by atoms with Gasteiger partial charge in [-0.3, -0.25) is 9.59 Å². The van der Waals surface area contributed by atoms with Crippen molar-refractivity contribution in [2.75, 3.05) is 19.7 Å². The molecule has 2 rings (SSSR count). The summed E-state index contributed by atoms with van der Waals surface area (Å²) in [6.45, 7) is 0.919. The van der Waals surface area contributed by atoms with Gasteiger partial charge in [-0.15, -0.1) is 0 Å². The molecule has 0 saturated carbocycles. The molecule has 0 aliphatic rings. The first-order valence-corrected chi connectivity index (χ1v) is 8.01. The highest BCUT2D eigenvalue weighted by atomic mass is 35.5. The van der Waals surface area contributed by atoms with Crippen molar-refractivity contribution in [3.63, 3.8) is 0 Å². The minimum absolute atomic E-state index is 0.0785. The molecule has 0 saturated heterocycles. The maximum atomic E-state index is 11.9. The standard InChI is InChI=1S/C18H19ClN2O3/c19-15-7-4-6-14(12-15)18(23)21-13-17(22)20-10-5-11-24-16-8-2-1-3-9-16/h1-4,6-9,12H,5,10-11,13H2,(H,20,22)(H,21,23). The van der Waals surface area contributed by atoms with Crippen molar-refractivity contribution in [1.82, 2.24) is 10.6 Å². The Morgan fingerprint density at radius 2 is 1.79 bits per heavy atom. The van der Waals surface area contributed by atoms with Crippen molar-refractivity contribution < 1.29 is 14.3 Å². The summed E-state index contributed by atoms with van der Waals surface area (Å²) in [5.74, 6) is 0.225. The van der Waals surface area contributed by atoms with E-state index in [0.29, 0.717) is 30.2 Å². The fourth-order valence-corrected chi connectivity index (χ4v) is 2.15. The molecule has 0 unspecified atom stereocenters. The van der Waals surface area contributed by atoms with Crippen LogP contribution >= 0.6 is 11.6 Å². The average Bonchev–Trinajstić information content (AvgIpc) is 2.60. The summed E-state index contributed by atoms with van der Waals surface area (Å²) in [5.41, 5.74) is 0.423. The first-order chi connectivity index (χ1) is 11.6. The van der Waals surface area contributed by atoms with Crippen LogP contribution in [0.3, 0.4) is 0 Å². The van der Waals surface area contributed by atoms with Crippen LogP contribution < -0.4 is 15.4 Å². The molecular weight excluding hydrogens is 328 g/mol. The van der Waals surface area contributed by atoms with E-state index in [2.05, 4.69) is 10.6 Å². The van der Waals surface area contributed by atoms with E-state index in [1.165, 1.54) is 0 Å². The molecule has 0 aliphatic carbocycles. The molecule has 0 aromatic heterocycles. The fourth-order valence-electron chi connectivity index (χ4n) is 1.96. The smallest absolute Gasteiger partial charge is 0.251 e. The second kappa shape index (κ2) is 9.57. The number of carbonyl (C=O) groups excluding carboxylic acids is 2. The molecule has 0 atom stereocenters. The molecule has 126 valence electrons. The molecular formula is C18H19ClN2O3. The van der Waals surface area contributed by atoms with Crippen molar-refractivity contribution in [2.24, 2.45) is 0 Å². The van der Waals surface area contributed by atoms with Crippen LogP contribution in [0.25, 0.3) is 0 Å². The van der Waals surface area contributed by atoms with Crippen LogP contribution in [0.4, 0.5) is 0 Å². The number of ether oxygens (including phenoxy) is 1. The summed E-state index contributed by atoms with van der Waals surface area (Å²) < 4.78 is 5.52. The molecule has 0 heterocycles. The van der Waals surface area contributed by atoms with E-state index < -0.39 is 0 Å². The summed E-state index contributed by atoms with van der Waals surface area (Å²) in [7, 11) is 0. The topological polar surface area (TPSA) is 67.4 Å². The number of halogens is 1. The van der Waals surface area contributed by atoms with Crippen LogP contribution in [0.5, 0.6) is 5.75 Å². The van der Waals surface area contributed by atoms with Gasteiger partial charge in [0.05, 0.1) is 13.2 Å². The molecule has 0 spiro atoms. The van der Waals surface area contributed by atoms with Gasteiger partial charge in [-0.1, -0.05) is 35.9 Å². The van der Waals surface area contributed by atoms with Gasteiger partial charge >= 0.3 is 0 Å². The highest BCUT2D eigenvalue weighted by molar-refractivity contribution is 6.30. The Balaban J connectivity index is 1.59. The predicted octanol–water partition coefficient (Wildman–Crippen LogP) is 2.66. The lowest BCUT2D eigenvalue weighted by molar-refractivity contribution is -0.120. The first kappa shape index (κ1) is 17.8. The monoisotopic (exact) mass is 346 g/mol. The summed E-state index contributed by atoms with van der Waals surface area (Å²) in [6, 6.07) is 16.0. The zero-order chi connectivity index (χ0) is 17.2. The van der Waals surface area contributed by atoms with Crippen LogP contribution in [0.1, 0.15) is 16.8 Å². The largest absolute Gasteiger partial charge is 0.494 e. The maximum Gasteiger partial charge on any atom is 0.251 e. The molecule has 0 radical (unpaired) electrons. The Labute approximate surface area is 146 Å². The number of para-hydroxylation sites is 1. The molecule has 24 heavy (non-hydrogen) atoms. The normalized spacial score (nSPS) is 10.0. The SMILES string of the molecule is O=C(CNC(=O)c1cccc(Cl)c1)NCCCOc1ccccc1. The Morgan fingerprint density at radius 3 is 2.54 bits per heavy atom. The van der Waals surface area contributed by atoms with E-state index >= 15 is 0 Å². The van der Waals surface area contributed by atoms with Crippen molar-refractivity contribution in [1.29, 1.82) is 0 Å². The Morgan fingerprint density at radius 1 is 1.00 bits per heavy atom. The number of nitrogens with one attached hydrogen (secondary N) is 2. The molecule has 2 aromatic rings. The number of carbonyl (C=O) groups is 2. The van der Waals surface area contributed by atoms with Gasteiger partial charge in [-0.2, -0.15) is 0 Å². The second-order valence-electron chi connectivity index (χ2n) is 5.06. The van der Waals surface area contributed by atoms with E-state index in [1.54, 1.807) is 24.3 Å². The van der Waals surface area contributed by atoms with Crippen LogP contribution in [-0.4, -0.2) is 31.5 Å². The molecule has 0 aliphatic heterocycles. The molecule has 2 amide bonds. The maximum absolute atomic E-state index is 11.9. The zero-order valence-electron chi connectivity index (χ0n) is 13.1. The average molecular weight is 347 g/mol. The first-order valence-electron chi connectivity index (χ1n) is 7.63. The summed E-state index contributed by atoms with van der Waals surface area (Å²) in [5, 5.41) is 5.76. The number of benzene rings is 2. The lowest BCUT2D eigenvalue weighted by Gasteiger charge is -2.08. The third-order valence-corrected chi connectivity index (χ3v) is 3.39. The van der Waals surface area contributed by atoms with Crippen LogP contribution in [0.15, 0.2) is 54.6 Å². The van der Waals surface area contributed by atoms with Gasteiger partial charge in [0.25, 0.3) is 5.91 Å². The highest BCUT2D eigenvalue weighted by Crippen LogP contribution is 2.10. The lowest BCUT2D eigenvalue weighted by Crippen LogP contribution is -2.37. The molecule has 0 bridgehead atoms. The van der Waals surface area contributed by atoms with Crippen LogP contribution in [0.2, 0.25) is 5.02 Å². The van der Waals surface area contributed by atoms with E-state index in [1.807, 2.05) is 30.3 Å². The summed E-state index contributed by atoms with van der Waals surface area (Å²) in [4.78, 5) is 23.6. The van der Waals surface area contributed by atoms with Gasteiger partial charge in [0.1, 0.15) is 5.75 Å². The summed E-state index contributed by atoms with van der Waals surface area (Å²) >= 11 is 5.82. The Hall–Kier alpha value is -2.53. The van der Waals surface area contributed by atoms with E-state index in [-0.39, 0.29) is 18.4 Å². The van der Waals surface area contributed by atoms with Gasteiger partial charge in [0, 0.05) is 17.1 Å². The zero-order valence-corrected chi connectivity index (χ0v) is 13.9. The third-order valence-electron chi connectivity index (χ3n) is 3.15. The third kappa shape index (κ3) is 6.30. The Bertz CT molecular complexity index is 677. The van der Waals surface area contributed by atoms with Crippen molar-refractivity contribution in [2.45, 2.75) is 6.42 Å². The molecule has 2 aromatic carbocycles. The number of hydrogen-bond acceptors (Lipinski definition) is 3. The van der Waals surface area contributed by atoms with Gasteiger partial charge in [0.15, 0.2) is 0 Å². The van der Waals surface area contributed by atoms with Crippen molar-refractivity contribution in [3.05, 3.63) is 65.2 Å². The molecule has 0 fully saturated rings. The molecule has 5 nitrogen and oxygen atoms in total. The fraction of sp³-hybridized carbons (Fsp3) is 0.222. The lowest BCUT2D eigenvalue weighted by atomic mass is 10.2. The predicted molar refractivity (Wildman–Crippen MR) is 93.3 cm³/mol. The summed E-state index contributed by atoms with van der Waals surface area (Å²) in [6.07, 6.45) is 0.683. The van der Waals surface area contributed by atoms with Gasteiger partial charge in [0.2, 0.25) is 5.91 Å². The minimum Gasteiger partial charge on any atom is -0.494 e. The van der Waals surface area contributed by atoms with Crippen molar-refractivity contribution in [3.8, 4) is 5.75 Å². The van der Waals surface area contributed by atoms with Crippen LogP contribution in [-0.2, 0) is 4.79 Å². The van der Waals surface area contributed by atoms with Crippen molar-refractivity contribution >= 4 is 23.4 Å². The highest BCUT2D eigenvalue weighted by Gasteiger charge is 2.08. The van der Waals surface area contributed by atoms with E-state index in [9.17, 15) is 9.59 Å². The number of hydrogen-bond donors (Lipinski definition) is 2. The molecule has 6 heteroatoms. The van der Waals surface area contributed by atoms with E-state index in [4.69, 9.17) is 16.3 Å². The second-order valence-corrected chi connectivity index (χ2v) is 5.49. The van der Waals surface area contributed by atoms with E-state index in [0.717, 1.165) is 5.75 Å². The minimum atomic E-state index is -0.333. The molecule has 2 N–H and O–H groups in total. The van der Waals surface area contributed by atoms with Gasteiger partial charge < -0.3 is 15.4 Å². The Kier molecular flexibility index (Phi) is 7.11. The number of amides is 2. The quantitative estimate of drug-likeness (QED) is 0.722. The van der Waals surface area contributed by atoms with Gasteiger partial charge in [-0.05, 0) is 36.8 Å². The van der Waals surface area contributed by atoms with Crippen LogP contribution in [0, 0.1) is 0 Å². The van der Waals surface area contributed by atoms with Gasteiger partial charge in [-0.25, -0.2) is 0 Å². The number of rotatable bonds is 8.